The lowest BCUT2D eigenvalue weighted by atomic mass is 10.0. The van der Waals surface area contributed by atoms with Gasteiger partial charge in [0, 0.05) is 11.6 Å². The van der Waals surface area contributed by atoms with Crippen molar-refractivity contribution in [2.24, 2.45) is 0 Å². The molecule has 0 atom stereocenters. The maximum absolute atomic E-state index is 12.5. The minimum absolute atomic E-state index is 0.120. The van der Waals surface area contributed by atoms with Gasteiger partial charge in [-0.1, -0.05) is 6.07 Å². The van der Waals surface area contributed by atoms with Crippen molar-refractivity contribution in [3.8, 4) is 11.3 Å². The maximum Gasteiger partial charge on any atom is 0.335 e. The highest BCUT2D eigenvalue weighted by atomic mass is 32.2. The Balaban J connectivity index is 1.81. The highest BCUT2D eigenvalue weighted by molar-refractivity contribution is 8.18. The van der Waals surface area contributed by atoms with E-state index in [0.717, 1.165) is 10.5 Å². The van der Waals surface area contributed by atoms with Crippen LogP contribution in [0.4, 0.5) is 4.79 Å². The quantitative estimate of drug-likeness (QED) is 0.542. The number of nitrogens with zero attached hydrogens (tertiary/aromatic N) is 1. The topological polar surface area (TPSA) is 114 Å². The van der Waals surface area contributed by atoms with E-state index in [-0.39, 0.29) is 16.6 Å². The normalized spacial score (nSPS) is 15.3. The Morgan fingerprint density at radius 3 is 2.63 bits per heavy atom. The molecular formula is C21H19NO7S. The number of aryl methyl sites for hydroxylation is 1. The van der Waals surface area contributed by atoms with Gasteiger partial charge in [-0.25, -0.2) is 4.79 Å². The molecule has 0 saturated carbocycles. The second-order valence-electron chi connectivity index (χ2n) is 6.84. The fraction of sp³-hybridized carbons (Fsp3) is 0.238. The van der Waals surface area contributed by atoms with Crippen molar-refractivity contribution in [1.29, 1.82) is 0 Å². The molecule has 0 aliphatic carbocycles. The van der Waals surface area contributed by atoms with E-state index in [1.54, 1.807) is 32.0 Å². The molecular weight excluding hydrogens is 410 g/mol. The zero-order valence-electron chi connectivity index (χ0n) is 16.5. The lowest BCUT2D eigenvalue weighted by molar-refractivity contribution is -0.149. The minimum atomic E-state index is -1.05. The summed E-state index contributed by atoms with van der Waals surface area (Å²) in [4.78, 5) is 48.5. The summed E-state index contributed by atoms with van der Waals surface area (Å²) in [5.74, 6) is -1.56. The van der Waals surface area contributed by atoms with Crippen LogP contribution < -0.4 is 0 Å². The molecule has 9 heteroatoms. The second-order valence-corrected chi connectivity index (χ2v) is 7.84. The number of carbonyl (C=O) groups excluding carboxylic acids is 3. The van der Waals surface area contributed by atoms with Gasteiger partial charge >= 0.3 is 11.9 Å². The molecule has 2 aromatic rings. The molecule has 1 saturated heterocycles. The third kappa shape index (κ3) is 4.62. The molecule has 1 N–H and O–H groups in total. The monoisotopic (exact) mass is 429 g/mol. The zero-order chi connectivity index (χ0) is 22.0. The Hall–Kier alpha value is -3.33. The van der Waals surface area contributed by atoms with Gasteiger partial charge < -0.3 is 14.3 Å². The maximum atomic E-state index is 12.5. The number of aromatic carboxylic acids is 1. The average Bonchev–Trinajstić information content (AvgIpc) is 3.22. The van der Waals surface area contributed by atoms with Crippen molar-refractivity contribution in [3.05, 3.63) is 52.1 Å². The Kier molecular flexibility index (Phi) is 6.12. The fourth-order valence-corrected chi connectivity index (χ4v) is 3.61. The molecule has 0 spiro atoms. The number of hydrogen-bond donors (Lipinski definition) is 1. The van der Waals surface area contributed by atoms with Crippen LogP contribution in [0, 0.1) is 6.92 Å². The molecule has 1 aromatic carbocycles. The summed E-state index contributed by atoms with van der Waals surface area (Å²) in [5, 5.41) is 8.62. The number of carbonyl (C=O) groups is 4. The number of carboxylic acids is 1. The number of thioether (sulfide) groups is 1. The van der Waals surface area contributed by atoms with Crippen molar-refractivity contribution >= 4 is 40.9 Å². The van der Waals surface area contributed by atoms with Crippen LogP contribution in [-0.4, -0.2) is 45.7 Å². The largest absolute Gasteiger partial charge is 0.478 e. The van der Waals surface area contributed by atoms with Gasteiger partial charge in [0.1, 0.15) is 18.1 Å². The molecule has 0 radical (unpaired) electrons. The standard InChI is InChI=1S/C21H19NO7S/c1-11(2)28-18(23)10-22-19(24)17(30-21(22)27)9-14-6-7-16(29-14)15-8-13(20(25)26)5-4-12(15)3/h4-9,11H,10H2,1-3H3,(H,25,26)/b17-9+. The van der Waals surface area contributed by atoms with Crippen LogP contribution in [0.1, 0.15) is 35.5 Å². The number of ether oxygens (including phenoxy) is 1. The van der Waals surface area contributed by atoms with E-state index in [4.69, 9.17) is 9.15 Å². The molecule has 1 fully saturated rings. The van der Waals surface area contributed by atoms with Crippen LogP contribution in [0.25, 0.3) is 17.4 Å². The van der Waals surface area contributed by atoms with Gasteiger partial charge in [-0.05, 0) is 62.4 Å². The van der Waals surface area contributed by atoms with Crippen LogP contribution in [0.2, 0.25) is 0 Å². The van der Waals surface area contributed by atoms with Gasteiger partial charge in [-0.3, -0.25) is 19.3 Å². The predicted molar refractivity (Wildman–Crippen MR) is 110 cm³/mol. The molecule has 8 nitrogen and oxygen atoms in total. The molecule has 1 aromatic heterocycles. The van der Waals surface area contributed by atoms with E-state index in [2.05, 4.69) is 0 Å². The molecule has 0 bridgehead atoms. The number of amides is 2. The summed E-state index contributed by atoms with van der Waals surface area (Å²) < 4.78 is 10.7. The van der Waals surface area contributed by atoms with E-state index in [1.807, 2.05) is 6.92 Å². The van der Waals surface area contributed by atoms with Crippen LogP contribution in [-0.2, 0) is 14.3 Å². The molecule has 0 unspecified atom stereocenters. The van der Waals surface area contributed by atoms with Crippen molar-refractivity contribution in [3.63, 3.8) is 0 Å². The highest BCUT2D eigenvalue weighted by Gasteiger charge is 2.37. The molecule has 1 aliphatic heterocycles. The van der Waals surface area contributed by atoms with E-state index in [1.165, 1.54) is 18.2 Å². The van der Waals surface area contributed by atoms with Crippen molar-refractivity contribution in [2.45, 2.75) is 26.9 Å². The summed E-state index contributed by atoms with van der Waals surface area (Å²) in [7, 11) is 0. The Bertz CT molecular complexity index is 1070. The Morgan fingerprint density at radius 1 is 1.23 bits per heavy atom. The lowest BCUT2D eigenvalue weighted by Gasteiger charge is -2.13. The highest BCUT2D eigenvalue weighted by Crippen LogP contribution is 2.34. The molecule has 30 heavy (non-hydrogen) atoms. The fourth-order valence-electron chi connectivity index (χ4n) is 2.79. The summed E-state index contributed by atoms with van der Waals surface area (Å²) in [5.41, 5.74) is 1.56. The summed E-state index contributed by atoms with van der Waals surface area (Å²) in [6.45, 7) is 4.72. The van der Waals surface area contributed by atoms with E-state index >= 15 is 0 Å². The molecule has 1 aliphatic rings. The van der Waals surface area contributed by atoms with Crippen molar-refractivity contribution in [1.82, 2.24) is 4.90 Å². The summed E-state index contributed by atoms with van der Waals surface area (Å²) in [6.07, 6.45) is 1.07. The number of rotatable bonds is 6. The van der Waals surface area contributed by atoms with Crippen LogP contribution in [0.3, 0.4) is 0 Å². The van der Waals surface area contributed by atoms with Crippen LogP contribution in [0.15, 0.2) is 39.7 Å². The van der Waals surface area contributed by atoms with Gasteiger partial charge in [-0.15, -0.1) is 0 Å². The van der Waals surface area contributed by atoms with E-state index in [9.17, 15) is 24.3 Å². The van der Waals surface area contributed by atoms with Gasteiger partial charge in [0.05, 0.1) is 16.6 Å². The van der Waals surface area contributed by atoms with Gasteiger partial charge in [0.15, 0.2) is 0 Å². The number of benzene rings is 1. The smallest absolute Gasteiger partial charge is 0.335 e. The third-order valence-electron chi connectivity index (χ3n) is 4.18. The first-order valence-corrected chi connectivity index (χ1v) is 9.86. The SMILES string of the molecule is Cc1ccc(C(=O)O)cc1-c1ccc(/C=C2/SC(=O)N(CC(=O)OC(C)C)C2=O)o1. The second kappa shape index (κ2) is 8.58. The van der Waals surface area contributed by atoms with Crippen molar-refractivity contribution < 1.29 is 33.4 Å². The minimum Gasteiger partial charge on any atom is -0.478 e. The average molecular weight is 429 g/mol. The zero-order valence-corrected chi connectivity index (χ0v) is 17.3. The summed E-state index contributed by atoms with van der Waals surface area (Å²) in [6, 6.07) is 7.97. The van der Waals surface area contributed by atoms with Gasteiger partial charge in [-0.2, -0.15) is 0 Å². The first kappa shape index (κ1) is 21.4. The number of esters is 1. The van der Waals surface area contributed by atoms with Gasteiger partial charge in [0.25, 0.3) is 11.1 Å². The predicted octanol–water partition coefficient (Wildman–Crippen LogP) is 3.94. The lowest BCUT2D eigenvalue weighted by Crippen LogP contribution is -2.35. The molecule has 2 amide bonds. The molecule has 3 rings (SSSR count). The van der Waals surface area contributed by atoms with Crippen LogP contribution in [0.5, 0.6) is 0 Å². The van der Waals surface area contributed by atoms with E-state index < -0.39 is 29.6 Å². The molecule has 156 valence electrons. The van der Waals surface area contributed by atoms with Crippen LogP contribution >= 0.6 is 11.8 Å². The number of furan rings is 1. The first-order chi connectivity index (χ1) is 14.2. The van der Waals surface area contributed by atoms with E-state index in [0.29, 0.717) is 28.8 Å². The Morgan fingerprint density at radius 2 is 1.97 bits per heavy atom. The first-order valence-electron chi connectivity index (χ1n) is 9.04. The number of carboxylic acid groups (broad SMARTS) is 1. The van der Waals surface area contributed by atoms with Gasteiger partial charge in [0.2, 0.25) is 0 Å². The number of imide groups is 1. The van der Waals surface area contributed by atoms with Crippen molar-refractivity contribution in [2.75, 3.05) is 6.54 Å². The Labute approximate surface area is 176 Å². The summed E-state index contributed by atoms with van der Waals surface area (Å²) >= 11 is 0.705. The third-order valence-corrected chi connectivity index (χ3v) is 5.09. The molecule has 2 heterocycles. The number of hydrogen-bond acceptors (Lipinski definition) is 7.